The van der Waals surface area contributed by atoms with Crippen molar-refractivity contribution in [2.45, 2.75) is 13.8 Å². The number of nitrogens with zero attached hydrogens (tertiary/aromatic N) is 3. The first kappa shape index (κ1) is 19.4. The van der Waals surface area contributed by atoms with Crippen molar-refractivity contribution in [1.82, 2.24) is 10.3 Å². The number of carbonyl (C=O) groups is 1. The van der Waals surface area contributed by atoms with Crippen molar-refractivity contribution in [3.05, 3.63) is 59.2 Å². The molecule has 6 nitrogen and oxygen atoms in total. The van der Waals surface area contributed by atoms with Crippen molar-refractivity contribution >= 4 is 39.5 Å². The van der Waals surface area contributed by atoms with Crippen LogP contribution in [-0.4, -0.2) is 27.5 Å². The van der Waals surface area contributed by atoms with Crippen LogP contribution in [0.25, 0.3) is 22.2 Å². The van der Waals surface area contributed by atoms with E-state index < -0.39 is 5.97 Å². The summed E-state index contributed by atoms with van der Waals surface area (Å²) in [6.45, 7) is 3.86. The van der Waals surface area contributed by atoms with Crippen molar-refractivity contribution < 1.29 is 9.90 Å². The summed E-state index contributed by atoms with van der Waals surface area (Å²) in [7, 11) is 0. The highest BCUT2D eigenvalue weighted by Crippen LogP contribution is 2.29. The SMILES string of the molecule is CSC(=Nc1cccc(-c2cc(C(=O)O)c3cc(C)cc(C)c3n2)c1)NC#N. The topological polar surface area (TPSA) is 98.4 Å². The first-order chi connectivity index (χ1) is 13.4. The molecule has 0 aliphatic rings. The molecule has 28 heavy (non-hydrogen) atoms. The molecule has 0 saturated carbocycles. The summed E-state index contributed by atoms with van der Waals surface area (Å²) in [6, 6.07) is 12.7. The van der Waals surface area contributed by atoms with Gasteiger partial charge in [-0.3, -0.25) is 5.32 Å². The number of pyridine rings is 1. The number of hydrogen-bond acceptors (Lipinski definition) is 5. The van der Waals surface area contributed by atoms with E-state index >= 15 is 0 Å². The number of aromatic nitrogens is 1. The first-order valence-electron chi connectivity index (χ1n) is 8.46. The predicted molar refractivity (Wildman–Crippen MR) is 113 cm³/mol. The Balaban J connectivity index is 2.18. The van der Waals surface area contributed by atoms with Gasteiger partial charge in [-0.25, -0.2) is 14.8 Å². The number of thioether (sulfide) groups is 1. The molecule has 0 radical (unpaired) electrons. The fraction of sp³-hybridized carbons (Fsp3) is 0.143. The van der Waals surface area contributed by atoms with E-state index in [2.05, 4.69) is 10.3 Å². The molecule has 0 bridgehead atoms. The molecule has 3 rings (SSSR count). The number of aliphatic imine (C=N–C) groups is 1. The Morgan fingerprint density at radius 2 is 2.04 bits per heavy atom. The summed E-state index contributed by atoms with van der Waals surface area (Å²) in [5.41, 5.74) is 4.77. The van der Waals surface area contributed by atoms with Gasteiger partial charge in [0.05, 0.1) is 22.5 Å². The number of amidine groups is 1. The maximum Gasteiger partial charge on any atom is 0.336 e. The fourth-order valence-electron chi connectivity index (χ4n) is 3.03. The zero-order valence-corrected chi connectivity index (χ0v) is 16.5. The van der Waals surface area contributed by atoms with Crippen molar-refractivity contribution in [2.24, 2.45) is 4.99 Å². The second kappa shape index (κ2) is 8.11. The van der Waals surface area contributed by atoms with Crippen LogP contribution in [0.4, 0.5) is 5.69 Å². The second-order valence-corrected chi connectivity index (χ2v) is 7.04. The number of aryl methyl sites for hydroxylation is 2. The standard InChI is InChI=1S/C21H18N4O2S/c1-12-7-13(2)19-16(8-12)17(20(26)27)10-18(25-19)14-5-4-6-15(9-14)24-21(28-3)23-11-22/h4-10H,1-3H3,(H,23,24)(H,26,27). The molecule has 1 heterocycles. The van der Waals surface area contributed by atoms with Gasteiger partial charge >= 0.3 is 5.97 Å². The smallest absolute Gasteiger partial charge is 0.336 e. The monoisotopic (exact) mass is 390 g/mol. The van der Waals surface area contributed by atoms with Crippen LogP contribution in [0.2, 0.25) is 0 Å². The van der Waals surface area contributed by atoms with Crippen LogP contribution in [-0.2, 0) is 0 Å². The zero-order chi connectivity index (χ0) is 20.3. The van der Waals surface area contributed by atoms with Crippen LogP contribution < -0.4 is 5.32 Å². The number of benzene rings is 2. The Labute approximate surface area is 166 Å². The van der Waals surface area contributed by atoms with Gasteiger partial charge in [-0.1, -0.05) is 35.5 Å². The van der Waals surface area contributed by atoms with Crippen molar-refractivity contribution in [3.63, 3.8) is 0 Å². The minimum Gasteiger partial charge on any atom is -0.478 e. The minimum absolute atomic E-state index is 0.219. The molecular weight excluding hydrogens is 372 g/mol. The molecule has 0 fully saturated rings. The van der Waals surface area contributed by atoms with Gasteiger partial charge in [0.2, 0.25) is 0 Å². The predicted octanol–water partition coefficient (Wildman–Crippen LogP) is 4.64. The lowest BCUT2D eigenvalue weighted by atomic mass is 10.00. The van der Waals surface area contributed by atoms with E-state index in [4.69, 9.17) is 10.2 Å². The fourth-order valence-corrected chi connectivity index (χ4v) is 3.37. The van der Waals surface area contributed by atoms with Gasteiger partial charge in [0.1, 0.15) is 0 Å². The Morgan fingerprint density at radius 1 is 1.25 bits per heavy atom. The Bertz CT molecular complexity index is 1150. The highest BCUT2D eigenvalue weighted by Gasteiger charge is 2.15. The third-order valence-electron chi connectivity index (χ3n) is 4.21. The van der Waals surface area contributed by atoms with E-state index in [1.54, 1.807) is 6.07 Å². The third kappa shape index (κ3) is 3.97. The average Bonchev–Trinajstić information content (AvgIpc) is 2.67. The quantitative estimate of drug-likeness (QED) is 0.293. The van der Waals surface area contributed by atoms with Gasteiger partial charge in [0.25, 0.3) is 0 Å². The maximum atomic E-state index is 11.9. The second-order valence-electron chi connectivity index (χ2n) is 6.25. The molecule has 0 unspecified atom stereocenters. The van der Waals surface area contributed by atoms with Gasteiger partial charge in [-0.2, -0.15) is 5.26 Å². The van der Waals surface area contributed by atoms with E-state index in [-0.39, 0.29) is 5.56 Å². The highest BCUT2D eigenvalue weighted by molar-refractivity contribution is 8.13. The summed E-state index contributed by atoms with van der Waals surface area (Å²) in [4.78, 5) is 21.0. The normalized spacial score (nSPS) is 11.3. The number of nitrogens with one attached hydrogen (secondary N) is 1. The first-order valence-corrected chi connectivity index (χ1v) is 9.69. The molecule has 0 spiro atoms. The average molecular weight is 390 g/mol. The van der Waals surface area contributed by atoms with Gasteiger partial charge in [0, 0.05) is 10.9 Å². The summed E-state index contributed by atoms with van der Waals surface area (Å²) in [5.74, 6) is -0.990. The summed E-state index contributed by atoms with van der Waals surface area (Å²) >= 11 is 1.33. The summed E-state index contributed by atoms with van der Waals surface area (Å²) in [5, 5.41) is 22.1. The molecule has 2 N–H and O–H groups in total. The molecular formula is C21H18N4O2S. The number of rotatable bonds is 3. The van der Waals surface area contributed by atoms with Crippen LogP contribution in [0.3, 0.4) is 0 Å². The molecule has 0 aliphatic heterocycles. The third-order valence-corrected chi connectivity index (χ3v) is 4.79. The van der Waals surface area contributed by atoms with Gasteiger partial charge in [-0.15, -0.1) is 0 Å². The Hall–Kier alpha value is -3.37. The van der Waals surface area contributed by atoms with Gasteiger partial charge < -0.3 is 5.11 Å². The van der Waals surface area contributed by atoms with Crippen LogP contribution in [0.1, 0.15) is 21.5 Å². The lowest BCUT2D eigenvalue weighted by Gasteiger charge is -2.11. The molecule has 3 aromatic rings. The van der Waals surface area contributed by atoms with Gasteiger partial charge in [0.15, 0.2) is 11.4 Å². The minimum atomic E-state index is -0.990. The number of carboxylic acids is 1. The van der Waals surface area contributed by atoms with Gasteiger partial charge in [-0.05, 0) is 49.9 Å². The van der Waals surface area contributed by atoms with Crippen LogP contribution in [0, 0.1) is 25.3 Å². The Kier molecular flexibility index (Phi) is 5.62. The van der Waals surface area contributed by atoms with E-state index in [0.29, 0.717) is 27.5 Å². The van der Waals surface area contributed by atoms with Crippen molar-refractivity contribution in [1.29, 1.82) is 5.26 Å². The van der Waals surface area contributed by atoms with E-state index in [9.17, 15) is 9.90 Å². The zero-order valence-electron chi connectivity index (χ0n) is 15.6. The summed E-state index contributed by atoms with van der Waals surface area (Å²) in [6.07, 6.45) is 3.68. The lowest BCUT2D eigenvalue weighted by molar-refractivity contribution is 0.0699. The summed E-state index contributed by atoms with van der Waals surface area (Å²) < 4.78 is 0. The molecule has 0 amide bonds. The maximum absolute atomic E-state index is 11.9. The number of aromatic carboxylic acids is 1. The number of fused-ring (bicyclic) bond motifs is 1. The van der Waals surface area contributed by atoms with Crippen molar-refractivity contribution in [3.8, 4) is 17.5 Å². The lowest BCUT2D eigenvalue weighted by Crippen LogP contribution is -2.12. The van der Waals surface area contributed by atoms with E-state index in [1.165, 1.54) is 11.8 Å². The van der Waals surface area contributed by atoms with Crippen molar-refractivity contribution in [2.75, 3.05) is 6.26 Å². The molecule has 0 aliphatic carbocycles. The number of nitriles is 1. The number of carboxylic acid groups (broad SMARTS) is 1. The molecule has 1 aromatic heterocycles. The number of hydrogen-bond donors (Lipinski definition) is 2. The van der Waals surface area contributed by atoms with E-state index in [0.717, 1.165) is 16.7 Å². The molecule has 2 aromatic carbocycles. The highest BCUT2D eigenvalue weighted by atomic mass is 32.2. The molecule has 7 heteroatoms. The van der Waals surface area contributed by atoms with Crippen LogP contribution in [0.15, 0.2) is 47.5 Å². The molecule has 140 valence electrons. The van der Waals surface area contributed by atoms with Crippen LogP contribution >= 0.6 is 11.8 Å². The molecule has 0 atom stereocenters. The largest absolute Gasteiger partial charge is 0.478 e. The molecule has 0 saturated heterocycles. The van der Waals surface area contributed by atoms with E-state index in [1.807, 2.05) is 62.7 Å². The Morgan fingerprint density at radius 3 is 2.71 bits per heavy atom. The van der Waals surface area contributed by atoms with Crippen LogP contribution in [0.5, 0.6) is 0 Å².